The summed E-state index contributed by atoms with van der Waals surface area (Å²) in [6, 6.07) is 4.53. The molecule has 0 fully saturated rings. The second-order valence-electron chi connectivity index (χ2n) is 3.05. The molecule has 0 atom stereocenters. The molecule has 1 aromatic carbocycles. The van der Waals surface area contributed by atoms with Crippen LogP contribution in [0.15, 0.2) is 30.9 Å². The van der Waals surface area contributed by atoms with Gasteiger partial charge in [0, 0.05) is 23.7 Å². The quantitative estimate of drug-likeness (QED) is 0.616. The molecule has 0 unspecified atom stereocenters. The highest BCUT2D eigenvalue weighted by molar-refractivity contribution is 6.30. The Morgan fingerprint density at radius 1 is 1.50 bits per heavy atom. The Balaban J connectivity index is 2.76. The van der Waals surface area contributed by atoms with Crippen LogP contribution in [0.25, 0.3) is 0 Å². The van der Waals surface area contributed by atoms with E-state index in [9.17, 15) is 8.78 Å². The number of alkyl halides is 2. The molecule has 0 aliphatic rings. The Morgan fingerprint density at radius 2 is 2.25 bits per heavy atom. The van der Waals surface area contributed by atoms with Crippen molar-refractivity contribution in [2.45, 2.75) is 13.2 Å². The summed E-state index contributed by atoms with van der Waals surface area (Å²) in [5, 5.41) is 3.47. The van der Waals surface area contributed by atoms with Crippen LogP contribution in [0.4, 0.5) is 8.78 Å². The third-order valence-corrected chi connectivity index (χ3v) is 2.08. The Labute approximate surface area is 97.9 Å². The van der Waals surface area contributed by atoms with Crippen molar-refractivity contribution in [3.8, 4) is 5.75 Å². The normalized spacial score (nSPS) is 10.5. The number of rotatable bonds is 6. The Hall–Kier alpha value is -1.13. The smallest absolute Gasteiger partial charge is 0.387 e. The number of hydrogen-bond donors (Lipinski definition) is 1. The summed E-state index contributed by atoms with van der Waals surface area (Å²) < 4.78 is 28.6. The molecule has 1 rings (SSSR count). The van der Waals surface area contributed by atoms with Gasteiger partial charge in [0.1, 0.15) is 5.75 Å². The van der Waals surface area contributed by atoms with Crippen molar-refractivity contribution < 1.29 is 13.5 Å². The van der Waals surface area contributed by atoms with Crippen LogP contribution in [0.3, 0.4) is 0 Å². The van der Waals surface area contributed by atoms with Crippen molar-refractivity contribution in [2.24, 2.45) is 0 Å². The van der Waals surface area contributed by atoms with Crippen LogP contribution in [0.5, 0.6) is 5.75 Å². The van der Waals surface area contributed by atoms with Gasteiger partial charge in [0.2, 0.25) is 0 Å². The largest absolute Gasteiger partial charge is 0.434 e. The molecule has 16 heavy (non-hydrogen) atoms. The van der Waals surface area contributed by atoms with Gasteiger partial charge in [-0.2, -0.15) is 8.78 Å². The molecule has 1 aromatic rings. The summed E-state index contributed by atoms with van der Waals surface area (Å²) in [7, 11) is 0. The zero-order chi connectivity index (χ0) is 12.0. The van der Waals surface area contributed by atoms with E-state index in [1.807, 2.05) is 0 Å². The standard InChI is InChI=1S/C11H12ClF2NO/c1-2-5-15-7-8-6-9(12)3-4-10(8)16-11(13)14/h2-4,6,11,15H,1,5,7H2. The SMILES string of the molecule is C=CCNCc1cc(Cl)ccc1OC(F)F. The van der Waals surface area contributed by atoms with Gasteiger partial charge in [0.25, 0.3) is 0 Å². The maximum Gasteiger partial charge on any atom is 0.387 e. The van der Waals surface area contributed by atoms with Crippen LogP contribution in [-0.2, 0) is 6.54 Å². The lowest BCUT2D eigenvalue weighted by atomic mass is 10.2. The first-order valence-corrected chi connectivity index (χ1v) is 5.06. The fourth-order valence-electron chi connectivity index (χ4n) is 1.21. The van der Waals surface area contributed by atoms with E-state index in [0.717, 1.165) is 0 Å². The first-order chi connectivity index (χ1) is 7.63. The van der Waals surface area contributed by atoms with Gasteiger partial charge in [-0.05, 0) is 18.2 Å². The van der Waals surface area contributed by atoms with Gasteiger partial charge in [0.15, 0.2) is 0 Å². The van der Waals surface area contributed by atoms with E-state index in [2.05, 4.69) is 16.6 Å². The van der Waals surface area contributed by atoms with Crippen LogP contribution >= 0.6 is 11.6 Å². The Kier molecular flexibility index (Phi) is 5.22. The molecule has 0 aliphatic heterocycles. The lowest BCUT2D eigenvalue weighted by Gasteiger charge is -2.11. The maximum absolute atomic E-state index is 12.1. The summed E-state index contributed by atoms with van der Waals surface area (Å²) in [5.74, 6) is 0.135. The molecule has 2 nitrogen and oxygen atoms in total. The first kappa shape index (κ1) is 12.9. The highest BCUT2D eigenvalue weighted by Crippen LogP contribution is 2.24. The van der Waals surface area contributed by atoms with Crippen LogP contribution in [0.2, 0.25) is 5.02 Å². The van der Waals surface area contributed by atoms with Crippen LogP contribution in [0.1, 0.15) is 5.56 Å². The molecule has 0 saturated carbocycles. The van der Waals surface area contributed by atoms with E-state index in [1.54, 1.807) is 12.1 Å². The zero-order valence-corrected chi connectivity index (χ0v) is 9.31. The number of benzene rings is 1. The van der Waals surface area contributed by atoms with E-state index in [-0.39, 0.29) is 5.75 Å². The molecule has 0 saturated heterocycles. The van der Waals surface area contributed by atoms with Gasteiger partial charge in [-0.25, -0.2) is 0 Å². The lowest BCUT2D eigenvalue weighted by Crippen LogP contribution is -2.14. The molecule has 0 bridgehead atoms. The Morgan fingerprint density at radius 3 is 2.88 bits per heavy atom. The van der Waals surface area contributed by atoms with E-state index in [0.29, 0.717) is 23.7 Å². The predicted molar refractivity (Wildman–Crippen MR) is 60.0 cm³/mol. The molecule has 0 heterocycles. The minimum absolute atomic E-state index is 0.135. The molecular weight excluding hydrogens is 236 g/mol. The number of halogens is 3. The first-order valence-electron chi connectivity index (χ1n) is 4.68. The van der Waals surface area contributed by atoms with E-state index in [4.69, 9.17) is 11.6 Å². The van der Waals surface area contributed by atoms with E-state index < -0.39 is 6.61 Å². The van der Waals surface area contributed by atoms with E-state index in [1.165, 1.54) is 12.1 Å². The average molecular weight is 248 g/mol. The van der Waals surface area contributed by atoms with Crippen molar-refractivity contribution in [1.29, 1.82) is 0 Å². The van der Waals surface area contributed by atoms with Gasteiger partial charge in [-0.3, -0.25) is 0 Å². The fourth-order valence-corrected chi connectivity index (χ4v) is 1.40. The third kappa shape index (κ3) is 4.16. The van der Waals surface area contributed by atoms with Crippen molar-refractivity contribution in [3.63, 3.8) is 0 Å². The van der Waals surface area contributed by atoms with Crippen molar-refractivity contribution in [3.05, 3.63) is 41.4 Å². The summed E-state index contributed by atoms with van der Waals surface area (Å²) in [5.41, 5.74) is 0.592. The van der Waals surface area contributed by atoms with Gasteiger partial charge in [0.05, 0.1) is 0 Å². The lowest BCUT2D eigenvalue weighted by molar-refractivity contribution is -0.0504. The summed E-state index contributed by atoms with van der Waals surface area (Å²) in [6.45, 7) is 1.69. The highest BCUT2D eigenvalue weighted by atomic mass is 35.5. The molecule has 0 radical (unpaired) electrons. The summed E-state index contributed by atoms with van der Waals surface area (Å²) in [6.07, 6.45) is 1.68. The molecular formula is C11H12ClF2NO. The number of hydrogen-bond acceptors (Lipinski definition) is 2. The number of nitrogens with one attached hydrogen (secondary N) is 1. The molecule has 1 N–H and O–H groups in total. The topological polar surface area (TPSA) is 21.3 Å². The number of ether oxygens (including phenoxy) is 1. The van der Waals surface area contributed by atoms with Gasteiger partial charge in [-0.15, -0.1) is 6.58 Å². The van der Waals surface area contributed by atoms with Gasteiger partial charge >= 0.3 is 6.61 Å². The molecule has 0 amide bonds. The fraction of sp³-hybridized carbons (Fsp3) is 0.273. The van der Waals surface area contributed by atoms with Crippen LogP contribution < -0.4 is 10.1 Å². The van der Waals surface area contributed by atoms with Crippen LogP contribution in [-0.4, -0.2) is 13.2 Å². The zero-order valence-electron chi connectivity index (χ0n) is 8.55. The van der Waals surface area contributed by atoms with Crippen molar-refractivity contribution in [1.82, 2.24) is 5.32 Å². The third-order valence-electron chi connectivity index (χ3n) is 1.84. The summed E-state index contributed by atoms with van der Waals surface area (Å²) >= 11 is 5.78. The predicted octanol–water partition coefficient (Wildman–Crippen LogP) is 3.22. The highest BCUT2D eigenvalue weighted by Gasteiger charge is 2.09. The van der Waals surface area contributed by atoms with Gasteiger partial charge < -0.3 is 10.1 Å². The molecule has 88 valence electrons. The molecule has 0 aliphatic carbocycles. The maximum atomic E-state index is 12.1. The second kappa shape index (κ2) is 6.45. The van der Waals surface area contributed by atoms with Gasteiger partial charge in [-0.1, -0.05) is 17.7 Å². The van der Waals surface area contributed by atoms with E-state index >= 15 is 0 Å². The monoisotopic (exact) mass is 247 g/mol. The van der Waals surface area contributed by atoms with Crippen molar-refractivity contribution >= 4 is 11.6 Å². The second-order valence-corrected chi connectivity index (χ2v) is 3.49. The Bertz CT molecular complexity index is 358. The minimum Gasteiger partial charge on any atom is -0.434 e. The average Bonchev–Trinajstić information content (AvgIpc) is 2.22. The van der Waals surface area contributed by atoms with Crippen LogP contribution in [0, 0.1) is 0 Å². The molecule has 5 heteroatoms. The molecule has 0 spiro atoms. The summed E-state index contributed by atoms with van der Waals surface area (Å²) in [4.78, 5) is 0. The minimum atomic E-state index is -2.83. The molecule has 0 aromatic heterocycles. The van der Waals surface area contributed by atoms with Crippen molar-refractivity contribution in [2.75, 3.05) is 6.54 Å².